The van der Waals surface area contributed by atoms with Gasteiger partial charge in [-0.3, -0.25) is 19.1 Å². The van der Waals surface area contributed by atoms with Crippen molar-refractivity contribution >= 4 is 28.4 Å². The molecule has 0 saturated heterocycles. The molecule has 0 saturated carbocycles. The van der Waals surface area contributed by atoms with Crippen molar-refractivity contribution in [2.45, 2.75) is 19.1 Å². The molecule has 0 radical (unpaired) electrons. The van der Waals surface area contributed by atoms with E-state index >= 15 is 0 Å². The lowest BCUT2D eigenvalue weighted by atomic mass is 10.1. The summed E-state index contributed by atoms with van der Waals surface area (Å²) in [5, 5.41) is 13.7. The molecular formula is C19H18ClN3O4. The zero-order chi connectivity index (χ0) is 19.4. The molecule has 0 spiro atoms. The molecule has 140 valence electrons. The quantitative estimate of drug-likeness (QED) is 0.597. The summed E-state index contributed by atoms with van der Waals surface area (Å²) in [7, 11) is 0. The van der Waals surface area contributed by atoms with E-state index in [1.54, 1.807) is 48.5 Å². The van der Waals surface area contributed by atoms with Gasteiger partial charge in [-0.2, -0.15) is 0 Å². The average molecular weight is 388 g/mol. The first kappa shape index (κ1) is 18.9. The fourth-order valence-electron chi connectivity index (χ4n) is 2.78. The summed E-state index contributed by atoms with van der Waals surface area (Å²) < 4.78 is 1.35. The molecular weight excluding hydrogens is 370 g/mol. The highest BCUT2D eigenvalue weighted by Gasteiger charge is 2.11. The van der Waals surface area contributed by atoms with Crippen LogP contribution in [-0.4, -0.2) is 27.1 Å². The number of aliphatic hydroxyl groups is 1. The Hall–Kier alpha value is -2.90. The van der Waals surface area contributed by atoms with Crippen molar-refractivity contribution in [1.29, 1.82) is 0 Å². The number of hydrogen-bond donors (Lipinski definition) is 3. The minimum atomic E-state index is -0.858. The summed E-state index contributed by atoms with van der Waals surface area (Å²) in [5.74, 6) is -0.315. The fraction of sp³-hybridized carbons (Fsp3) is 0.211. The van der Waals surface area contributed by atoms with Crippen LogP contribution in [0.4, 0.5) is 0 Å². The Labute approximate surface area is 159 Å². The molecule has 0 fully saturated rings. The second-order valence-corrected chi connectivity index (χ2v) is 6.49. The number of para-hydroxylation sites is 1. The Bertz CT molecular complexity index is 1070. The summed E-state index contributed by atoms with van der Waals surface area (Å²) in [6.45, 7) is 0.154. The van der Waals surface area contributed by atoms with Crippen LogP contribution in [0.5, 0.6) is 0 Å². The van der Waals surface area contributed by atoms with Crippen molar-refractivity contribution in [2.24, 2.45) is 0 Å². The van der Waals surface area contributed by atoms with E-state index in [9.17, 15) is 19.5 Å². The number of benzene rings is 2. The number of halogens is 1. The highest BCUT2D eigenvalue weighted by molar-refractivity contribution is 6.30. The zero-order valence-electron chi connectivity index (χ0n) is 14.3. The van der Waals surface area contributed by atoms with Crippen LogP contribution in [0.2, 0.25) is 5.02 Å². The van der Waals surface area contributed by atoms with Gasteiger partial charge >= 0.3 is 5.69 Å². The summed E-state index contributed by atoms with van der Waals surface area (Å²) in [5.41, 5.74) is 0.0953. The molecule has 3 aromatic rings. The smallest absolute Gasteiger partial charge is 0.328 e. The lowest BCUT2D eigenvalue weighted by Gasteiger charge is -2.13. The maximum Gasteiger partial charge on any atom is 0.328 e. The van der Waals surface area contributed by atoms with Crippen molar-refractivity contribution in [3.05, 3.63) is 80.0 Å². The third kappa shape index (κ3) is 4.45. The van der Waals surface area contributed by atoms with Crippen molar-refractivity contribution < 1.29 is 9.90 Å². The number of aromatic amines is 1. The molecule has 3 N–H and O–H groups in total. The van der Waals surface area contributed by atoms with Crippen molar-refractivity contribution in [2.75, 3.05) is 6.54 Å². The standard InChI is InChI=1S/C19H18ClN3O4/c20-13-7-5-12(6-8-13)16(24)11-21-17(25)9-10-23-15-4-2-1-3-14(15)18(26)22-19(23)27/h1-8,16,24H,9-11H2,(H,21,25)(H,22,26,27)/t16-/m1/s1. The summed E-state index contributed by atoms with van der Waals surface area (Å²) in [6, 6.07) is 13.4. The molecule has 0 aliphatic carbocycles. The van der Waals surface area contributed by atoms with E-state index in [-0.39, 0.29) is 25.4 Å². The molecule has 0 aliphatic rings. The van der Waals surface area contributed by atoms with Gasteiger partial charge in [-0.15, -0.1) is 0 Å². The average Bonchev–Trinajstić information content (AvgIpc) is 2.66. The number of fused-ring (bicyclic) bond motifs is 1. The normalized spacial score (nSPS) is 12.1. The number of amides is 1. The van der Waals surface area contributed by atoms with Gasteiger partial charge in [0.05, 0.1) is 17.0 Å². The topological polar surface area (TPSA) is 104 Å². The zero-order valence-corrected chi connectivity index (χ0v) is 15.1. The van der Waals surface area contributed by atoms with Gasteiger partial charge in [-0.05, 0) is 29.8 Å². The monoisotopic (exact) mass is 387 g/mol. The maximum absolute atomic E-state index is 12.1. The van der Waals surface area contributed by atoms with Crippen LogP contribution in [0.1, 0.15) is 18.1 Å². The van der Waals surface area contributed by atoms with Gasteiger partial charge in [0.15, 0.2) is 0 Å². The number of nitrogens with one attached hydrogen (secondary N) is 2. The first-order valence-electron chi connectivity index (χ1n) is 8.38. The molecule has 1 heterocycles. The molecule has 27 heavy (non-hydrogen) atoms. The molecule has 2 aromatic carbocycles. The minimum Gasteiger partial charge on any atom is -0.387 e. The molecule has 8 heteroatoms. The molecule has 1 atom stereocenters. The van der Waals surface area contributed by atoms with Crippen LogP contribution in [-0.2, 0) is 11.3 Å². The molecule has 1 aromatic heterocycles. The number of H-pyrrole nitrogens is 1. The van der Waals surface area contributed by atoms with Gasteiger partial charge in [0.25, 0.3) is 5.56 Å². The Morgan fingerprint density at radius 1 is 1.15 bits per heavy atom. The van der Waals surface area contributed by atoms with Crippen LogP contribution in [0.15, 0.2) is 58.1 Å². The number of aryl methyl sites for hydroxylation is 1. The first-order chi connectivity index (χ1) is 13.0. The Morgan fingerprint density at radius 3 is 2.59 bits per heavy atom. The van der Waals surface area contributed by atoms with E-state index in [1.807, 2.05) is 0 Å². The van der Waals surface area contributed by atoms with Gasteiger partial charge < -0.3 is 10.4 Å². The van der Waals surface area contributed by atoms with E-state index in [2.05, 4.69) is 10.3 Å². The molecule has 7 nitrogen and oxygen atoms in total. The molecule has 0 aliphatic heterocycles. The predicted octanol–water partition coefficient (Wildman–Crippen LogP) is 1.58. The second-order valence-electron chi connectivity index (χ2n) is 6.05. The lowest BCUT2D eigenvalue weighted by Crippen LogP contribution is -2.33. The Morgan fingerprint density at radius 2 is 1.85 bits per heavy atom. The number of rotatable bonds is 6. The van der Waals surface area contributed by atoms with Crippen LogP contribution < -0.4 is 16.6 Å². The van der Waals surface area contributed by atoms with Crippen molar-refractivity contribution in [3.8, 4) is 0 Å². The van der Waals surface area contributed by atoms with E-state index in [0.29, 0.717) is 21.5 Å². The summed E-state index contributed by atoms with van der Waals surface area (Å²) in [4.78, 5) is 38.3. The lowest BCUT2D eigenvalue weighted by molar-refractivity contribution is -0.121. The van der Waals surface area contributed by atoms with Crippen molar-refractivity contribution in [1.82, 2.24) is 14.9 Å². The molecule has 0 unspecified atom stereocenters. The SMILES string of the molecule is O=C(CCn1c(=O)[nH]c(=O)c2ccccc21)NC[C@@H](O)c1ccc(Cl)cc1. The van der Waals surface area contributed by atoms with Crippen LogP contribution in [0, 0.1) is 0 Å². The highest BCUT2D eigenvalue weighted by atomic mass is 35.5. The number of hydrogen-bond acceptors (Lipinski definition) is 4. The Balaban J connectivity index is 1.63. The van der Waals surface area contributed by atoms with Gasteiger partial charge in [-0.1, -0.05) is 35.9 Å². The third-order valence-corrected chi connectivity index (χ3v) is 4.47. The van der Waals surface area contributed by atoms with Gasteiger partial charge in [0.1, 0.15) is 0 Å². The summed E-state index contributed by atoms with van der Waals surface area (Å²) >= 11 is 5.81. The number of aliphatic hydroxyl groups excluding tert-OH is 1. The van der Waals surface area contributed by atoms with Crippen LogP contribution in [0.25, 0.3) is 10.9 Å². The van der Waals surface area contributed by atoms with Crippen LogP contribution in [0.3, 0.4) is 0 Å². The molecule has 3 rings (SSSR count). The number of nitrogens with zero attached hydrogens (tertiary/aromatic N) is 1. The molecule has 1 amide bonds. The van der Waals surface area contributed by atoms with Gasteiger partial charge in [0.2, 0.25) is 5.91 Å². The number of carbonyl (C=O) groups is 1. The maximum atomic E-state index is 12.1. The van der Waals surface area contributed by atoms with Gasteiger partial charge in [-0.25, -0.2) is 4.79 Å². The third-order valence-electron chi connectivity index (χ3n) is 4.21. The largest absolute Gasteiger partial charge is 0.387 e. The van der Waals surface area contributed by atoms with Crippen molar-refractivity contribution in [3.63, 3.8) is 0 Å². The van der Waals surface area contributed by atoms with Gasteiger partial charge in [0, 0.05) is 24.5 Å². The van der Waals surface area contributed by atoms with E-state index in [1.165, 1.54) is 4.57 Å². The van der Waals surface area contributed by atoms with E-state index in [4.69, 9.17) is 11.6 Å². The molecule has 0 bridgehead atoms. The van der Waals surface area contributed by atoms with E-state index in [0.717, 1.165) is 0 Å². The van der Waals surface area contributed by atoms with E-state index < -0.39 is 17.4 Å². The Kier molecular flexibility index (Phi) is 5.73. The summed E-state index contributed by atoms with van der Waals surface area (Å²) in [6.07, 6.45) is -0.827. The second kappa shape index (κ2) is 8.20. The first-order valence-corrected chi connectivity index (χ1v) is 8.75. The van der Waals surface area contributed by atoms with Crippen LogP contribution >= 0.6 is 11.6 Å². The minimum absolute atomic E-state index is 0.0310. The fourth-order valence-corrected chi connectivity index (χ4v) is 2.91. The highest BCUT2D eigenvalue weighted by Crippen LogP contribution is 2.15. The number of carbonyl (C=O) groups excluding carboxylic acids is 1. The number of aromatic nitrogens is 2. The predicted molar refractivity (Wildman–Crippen MR) is 103 cm³/mol.